The van der Waals surface area contributed by atoms with Gasteiger partial charge in [-0.2, -0.15) is 0 Å². The molecular formula is C17H25NO2S. The lowest BCUT2D eigenvalue weighted by molar-refractivity contribution is 0.136. The van der Waals surface area contributed by atoms with Gasteiger partial charge in [-0.25, -0.2) is 8.42 Å². The van der Waals surface area contributed by atoms with Gasteiger partial charge in [0.1, 0.15) is 0 Å². The van der Waals surface area contributed by atoms with Gasteiger partial charge in [-0.1, -0.05) is 30.3 Å². The van der Waals surface area contributed by atoms with Crippen molar-refractivity contribution in [2.45, 2.75) is 38.1 Å². The van der Waals surface area contributed by atoms with Crippen molar-refractivity contribution in [2.75, 3.05) is 24.6 Å². The lowest BCUT2D eigenvalue weighted by Crippen LogP contribution is -2.45. The highest BCUT2D eigenvalue weighted by Gasteiger charge is 2.39. The highest BCUT2D eigenvalue weighted by Crippen LogP contribution is 2.34. The van der Waals surface area contributed by atoms with Crippen molar-refractivity contribution in [3.8, 4) is 0 Å². The smallest absolute Gasteiger partial charge is 0.150 e. The molecule has 0 amide bonds. The molecule has 0 N–H and O–H groups in total. The maximum Gasteiger partial charge on any atom is 0.150 e. The maximum atomic E-state index is 11.6. The highest BCUT2D eigenvalue weighted by molar-refractivity contribution is 7.91. The average molecular weight is 307 g/mol. The highest BCUT2D eigenvalue weighted by atomic mass is 32.2. The molecule has 116 valence electrons. The molecule has 2 atom stereocenters. The van der Waals surface area contributed by atoms with Crippen molar-refractivity contribution in [3.05, 3.63) is 35.9 Å². The van der Waals surface area contributed by atoms with Crippen LogP contribution in [0.25, 0.3) is 0 Å². The zero-order valence-electron chi connectivity index (χ0n) is 12.8. The predicted octanol–water partition coefficient (Wildman–Crippen LogP) is 2.52. The summed E-state index contributed by atoms with van der Waals surface area (Å²) >= 11 is 0. The maximum absolute atomic E-state index is 11.6. The molecule has 0 bridgehead atoms. The number of sulfone groups is 1. The first-order chi connectivity index (χ1) is 9.97. The zero-order valence-corrected chi connectivity index (χ0v) is 13.6. The molecule has 0 aromatic heterocycles. The SMILES string of the molecule is CC1(Cc2ccccc2)CCCN1CC1CCS(=O)(=O)C1. The Balaban J connectivity index is 1.67. The van der Waals surface area contributed by atoms with E-state index < -0.39 is 9.84 Å². The first-order valence-electron chi connectivity index (χ1n) is 7.96. The first kappa shape index (κ1) is 15.0. The number of rotatable bonds is 4. The van der Waals surface area contributed by atoms with E-state index in [1.165, 1.54) is 18.4 Å². The van der Waals surface area contributed by atoms with Gasteiger partial charge in [0.2, 0.25) is 0 Å². The fourth-order valence-corrected chi connectivity index (χ4v) is 5.80. The van der Waals surface area contributed by atoms with Crippen LogP contribution in [0.5, 0.6) is 0 Å². The van der Waals surface area contributed by atoms with E-state index in [0.717, 1.165) is 25.9 Å². The minimum atomic E-state index is -2.76. The largest absolute Gasteiger partial charge is 0.297 e. The molecule has 2 saturated heterocycles. The van der Waals surface area contributed by atoms with E-state index in [-0.39, 0.29) is 5.54 Å². The molecule has 2 fully saturated rings. The molecule has 0 aliphatic carbocycles. The molecule has 1 aromatic carbocycles. The van der Waals surface area contributed by atoms with Crippen LogP contribution in [0.2, 0.25) is 0 Å². The second-order valence-corrected chi connectivity index (χ2v) is 9.21. The van der Waals surface area contributed by atoms with Crippen molar-refractivity contribution in [1.82, 2.24) is 4.90 Å². The molecule has 4 heteroatoms. The van der Waals surface area contributed by atoms with Crippen LogP contribution < -0.4 is 0 Å². The van der Waals surface area contributed by atoms with E-state index >= 15 is 0 Å². The Morgan fingerprint density at radius 3 is 2.71 bits per heavy atom. The topological polar surface area (TPSA) is 37.4 Å². The summed E-state index contributed by atoms with van der Waals surface area (Å²) in [5, 5.41) is 0. The van der Waals surface area contributed by atoms with E-state index in [1.54, 1.807) is 0 Å². The van der Waals surface area contributed by atoms with E-state index in [0.29, 0.717) is 17.4 Å². The van der Waals surface area contributed by atoms with Crippen LogP contribution in [-0.2, 0) is 16.3 Å². The van der Waals surface area contributed by atoms with Crippen LogP contribution in [-0.4, -0.2) is 43.5 Å². The molecule has 2 heterocycles. The van der Waals surface area contributed by atoms with Crippen LogP contribution in [0.1, 0.15) is 31.7 Å². The fourth-order valence-electron chi connectivity index (χ4n) is 3.95. The average Bonchev–Trinajstić information content (AvgIpc) is 2.95. The van der Waals surface area contributed by atoms with Gasteiger partial charge < -0.3 is 0 Å². The predicted molar refractivity (Wildman–Crippen MR) is 86.1 cm³/mol. The van der Waals surface area contributed by atoms with Gasteiger partial charge in [0.05, 0.1) is 11.5 Å². The minimum absolute atomic E-state index is 0.188. The van der Waals surface area contributed by atoms with Gasteiger partial charge in [-0.3, -0.25) is 4.90 Å². The molecule has 0 spiro atoms. The number of likely N-dealkylation sites (tertiary alicyclic amines) is 1. The van der Waals surface area contributed by atoms with Crippen LogP contribution in [0, 0.1) is 5.92 Å². The van der Waals surface area contributed by atoms with Crippen LogP contribution in [0.3, 0.4) is 0 Å². The van der Waals surface area contributed by atoms with Gasteiger partial charge in [0.15, 0.2) is 9.84 Å². The van der Waals surface area contributed by atoms with Gasteiger partial charge in [0.25, 0.3) is 0 Å². The van der Waals surface area contributed by atoms with Crippen molar-refractivity contribution >= 4 is 9.84 Å². The van der Waals surface area contributed by atoms with Crippen LogP contribution in [0.15, 0.2) is 30.3 Å². The molecule has 2 unspecified atom stereocenters. The van der Waals surface area contributed by atoms with Crippen molar-refractivity contribution in [1.29, 1.82) is 0 Å². The Morgan fingerprint density at radius 1 is 1.29 bits per heavy atom. The number of nitrogens with zero attached hydrogens (tertiary/aromatic N) is 1. The second kappa shape index (κ2) is 5.73. The van der Waals surface area contributed by atoms with E-state index in [1.807, 2.05) is 0 Å². The molecule has 2 aliphatic rings. The van der Waals surface area contributed by atoms with Gasteiger partial charge >= 0.3 is 0 Å². The van der Waals surface area contributed by atoms with Crippen LogP contribution in [0.4, 0.5) is 0 Å². The third-order valence-corrected chi connectivity index (χ3v) is 6.98. The van der Waals surface area contributed by atoms with Crippen molar-refractivity contribution in [3.63, 3.8) is 0 Å². The Kier molecular flexibility index (Phi) is 4.10. The summed E-state index contributed by atoms with van der Waals surface area (Å²) in [6.07, 6.45) is 4.34. The molecular weight excluding hydrogens is 282 g/mol. The lowest BCUT2D eigenvalue weighted by Gasteiger charge is -2.37. The molecule has 0 radical (unpaired) electrons. The van der Waals surface area contributed by atoms with E-state index in [2.05, 4.69) is 42.2 Å². The Hall–Kier alpha value is -0.870. The third-order valence-electron chi connectivity index (χ3n) is 5.14. The zero-order chi connectivity index (χ0) is 14.9. The summed E-state index contributed by atoms with van der Waals surface area (Å²) < 4.78 is 23.3. The normalized spacial score (nSPS) is 32.5. The van der Waals surface area contributed by atoms with Gasteiger partial charge in [-0.05, 0) is 50.6 Å². The third kappa shape index (κ3) is 3.49. The Bertz CT molecular complexity index is 584. The van der Waals surface area contributed by atoms with Crippen molar-refractivity contribution in [2.24, 2.45) is 5.92 Å². The standard InChI is InChI=1S/C17H25NO2S/c1-17(12-15-6-3-2-4-7-15)9-5-10-18(17)13-16-8-11-21(19,20)14-16/h2-4,6-7,16H,5,8-14H2,1H3. The summed E-state index contributed by atoms with van der Waals surface area (Å²) in [6, 6.07) is 10.6. The first-order valence-corrected chi connectivity index (χ1v) is 9.78. The summed E-state index contributed by atoms with van der Waals surface area (Å²) in [4.78, 5) is 2.55. The number of benzene rings is 1. The van der Waals surface area contributed by atoms with Crippen molar-refractivity contribution < 1.29 is 8.42 Å². The van der Waals surface area contributed by atoms with Crippen LogP contribution >= 0.6 is 0 Å². The Labute approximate surface area is 128 Å². The monoisotopic (exact) mass is 307 g/mol. The minimum Gasteiger partial charge on any atom is -0.297 e. The lowest BCUT2D eigenvalue weighted by atomic mass is 9.89. The van der Waals surface area contributed by atoms with Gasteiger partial charge in [-0.15, -0.1) is 0 Å². The Morgan fingerprint density at radius 2 is 2.05 bits per heavy atom. The fraction of sp³-hybridized carbons (Fsp3) is 0.647. The second-order valence-electron chi connectivity index (χ2n) is 6.98. The summed E-state index contributed by atoms with van der Waals surface area (Å²) in [7, 11) is -2.76. The van der Waals surface area contributed by atoms with Gasteiger partial charge in [0, 0.05) is 12.1 Å². The summed E-state index contributed by atoms with van der Waals surface area (Å²) in [5.41, 5.74) is 1.57. The molecule has 2 aliphatic heterocycles. The molecule has 0 saturated carbocycles. The molecule has 1 aromatic rings. The quantitative estimate of drug-likeness (QED) is 0.858. The summed E-state index contributed by atoms with van der Waals surface area (Å²) in [5.74, 6) is 1.12. The number of hydrogen-bond acceptors (Lipinski definition) is 3. The van der Waals surface area contributed by atoms with E-state index in [9.17, 15) is 8.42 Å². The summed E-state index contributed by atoms with van der Waals surface area (Å²) in [6.45, 7) is 4.40. The molecule has 21 heavy (non-hydrogen) atoms. The molecule has 3 nitrogen and oxygen atoms in total. The number of hydrogen-bond donors (Lipinski definition) is 0. The van der Waals surface area contributed by atoms with E-state index in [4.69, 9.17) is 0 Å². The molecule has 3 rings (SSSR count).